The fourth-order valence-corrected chi connectivity index (χ4v) is 2.95. The Morgan fingerprint density at radius 3 is 2.96 bits per heavy atom. The number of amides is 1. The van der Waals surface area contributed by atoms with Crippen molar-refractivity contribution in [3.05, 3.63) is 59.7 Å². The van der Waals surface area contributed by atoms with Gasteiger partial charge in [-0.15, -0.1) is 0 Å². The second-order valence-electron chi connectivity index (χ2n) is 6.31. The molecule has 0 saturated carbocycles. The molecule has 0 bridgehead atoms. The minimum atomic E-state index is -0.301. The number of ether oxygens (including phenoxy) is 1. The number of carbonyl (C=O) groups excluding carboxylic acids is 1. The van der Waals surface area contributed by atoms with Gasteiger partial charge in [0.05, 0.1) is 6.61 Å². The fourth-order valence-electron chi connectivity index (χ4n) is 2.95. The molecule has 1 atom stereocenters. The van der Waals surface area contributed by atoms with Crippen molar-refractivity contribution in [2.75, 3.05) is 18.5 Å². The Morgan fingerprint density at radius 1 is 1.30 bits per heavy atom. The number of benzene rings is 1. The van der Waals surface area contributed by atoms with E-state index in [-0.39, 0.29) is 11.8 Å². The van der Waals surface area contributed by atoms with E-state index in [0.717, 1.165) is 12.0 Å². The van der Waals surface area contributed by atoms with E-state index in [4.69, 9.17) is 15.0 Å². The second-order valence-corrected chi connectivity index (χ2v) is 6.31. The molecule has 1 aliphatic heterocycles. The van der Waals surface area contributed by atoms with E-state index in [1.54, 1.807) is 30.5 Å². The number of rotatable bonds is 5. The normalized spacial score (nSPS) is 16.4. The van der Waals surface area contributed by atoms with Crippen molar-refractivity contribution in [3.8, 4) is 11.5 Å². The van der Waals surface area contributed by atoms with E-state index in [0.29, 0.717) is 48.4 Å². The molecule has 1 saturated heterocycles. The van der Waals surface area contributed by atoms with Crippen molar-refractivity contribution < 1.29 is 14.1 Å². The number of pyridine rings is 1. The summed E-state index contributed by atoms with van der Waals surface area (Å²) in [6.07, 6.45) is 2.45. The highest BCUT2D eigenvalue weighted by atomic mass is 16.5. The third kappa shape index (κ3) is 3.86. The van der Waals surface area contributed by atoms with Crippen LogP contribution in [0.15, 0.2) is 47.1 Å². The van der Waals surface area contributed by atoms with Crippen LogP contribution in [-0.4, -0.2) is 34.2 Å². The summed E-state index contributed by atoms with van der Waals surface area (Å²) >= 11 is 0. The third-order valence-corrected chi connectivity index (χ3v) is 4.37. The number of anilines is 1. The highest BCUT2D eigenvalue weighted by Gasteiger charge is 2.23. The molecule has 3 N–H and O–H groups in total. The molecule has 1 aliphatic rings. The number of hydrogen-bond acceptors (Lipinski definition) is 7. The van der Waals surface area contributed by atoms with Crippen LogP contribution >= 0.6 is 0 Å². The molecule has 27 heavy (non-hydrogen) atoms. The lowest BCUT2D eigenvalue weighted by Gasteiger charge is -2.08. The maximum absolute atomic E-state index is 12.4. The lowest BCUT2D eigenvalue weighted by Crippen LogP contribution is -2.13. The number of nitrogens with zero attached hydrogens (tertiary/aromatic N) is 3. The first-order chi connectivity index (χ1) is 13.2. The van der Waals surface area contributed by atoms with E-state index < -0.39 is 0 Å². The fraction of sp³-hybridized carbons (Fsp3) is 0.263. The van der Waals surface area contributed by atoms with E-state index >= 15 is 0 Å². The molecule has 8 heteroatoms. The van der Waals surface area contributed by atoms with Crippen molar-refractivity contribution in [1.29, 1.82) is 0 Å². The van der Waals surface area contributed by atoms with E-state index in [1.807, 2.05) is 12.1 Å². The summed E-state index contributed by atoms with van der Waals surface area (Å²) in [5.41, 5.74) is 8.27. The Hall–Kier alpha value is -3.10. The SMILES string of the molecule is NCc1cc(NC(=O)c2ccccn2)cc(-c2nc([C@@H]3CCOC3)no2)c1. The molecule has 1 amide bonds. The average molecular weight is 365 g/mol. The van der Waals surface area contributed by atoms with E-state index in [9.17, 15) is 4.79 Å². The molecule has 0 spiro atoms. The molecular weight excluding hydrogens is 346 g/mol. The van der Waals surface area contributed by atoms with Gasteiger partial charge in [0.2, 0.25) is 0 Å². The Morgan fingerprint density at radius 2 is 2.22 bits per heavy atom. The summed E-state index contributed by atoms with van der Waals surface area (Å²) in [5, 5.41) is 6.91. The lowest BCUT2D eigenvalue weighted by atomic mass is 10.1. The van der Waals surface area contributed by atoms with Gasteiger partial charge >= 0.3 is 0 Å². The van der Waals surface area contributed by atoms with Gasteiger partial charge in [0.1, 0.15) is 5.69 Å². The molecule has 4 rings (SSSR count). The first-order valence-corrected chi connectivity index (χ1v) is 8.71. The maximum Gasteiger partial charge on any atom is 0.274 e. The predicted octanol–water partition coefficient (Wildman–Crippen LogP) is 2.35. The quantitative estimate of drug-likeness (QED) is 0.713. The van der Waals surface area contributed by atoms with Crippen LogP contribution in [0.2, 0.25) is 0 Å². The highest BCUT2D eigenvalue weighted by Crippen LogP contribution is 2.28. The molecule has 0 radical (unpaired) electrons. The van der Waals surface area contributed by atoms with Crippen molar-refractivity contribution in [3.63, 3.8) is 0 Å². The van der Waals surface area contributed by atoms with Gasteiger partial charge in [-0.05, 0) is 42.3 Å². The van der Waals surface area contributed by atoms with Gasteiger partial charge in [-0.2, -0.15) is 4.98 Å². The van der Waals surface area contributed by atoms with Crippen LogP contribution in [0.5, 0.6) is 0 Å². The number of nitrogens with one attached hydrogen (secondary N) is 1. The van der Waals surface area contributed by atoms with Crippen molar-refractivity contribution in [2.24, 2.45) is 5.73 Å². The first kappa shape index (κ1) is 17.3. The molecule has 8 nitrogen and oxygen atoms in total. The van der Waals surface area contributed by atoms with Gasteiger partial charge in [0.15, 0.2) is 5.82 Å². The predicted molar refractivity (Wildman–Crippen MR) is 98.0 cm³/mol. The maximum atomic E-state index is 12.4. The first-order valence-electron chi connectivity index (χ1n) is 8.71. The summed E-state index contributed by atoms with van der Waals surface area (Å²) < 4.78 is 10.8. The van der Waals surface area contributed by atoms with Gasteiger partial charge in [-0.25, -0.2) is 0 Å². The van der Waals surface area contributed by atoms with Crippen LogP contribution in [0.4, 0.5) is 5.69 Å². The van der Waals surface area contributed by atoms with E-state index in [1.165, 1.54) is 0 Å². The molecule has 1 aromatic carbocycles. The number of nitrogens with two attached hydrogens (primary N) is 1. The summed E-state index contributed by atoms with van der Waals surface area (Å²) in [7, 11) is 0. The van der Waals surface area contributed by atoms with Crippen molar-refractivity contribution in [2.45, 2.75) is 18.9 Å². The zero-order valence-electron chi connectivity index (χ0n) is 14.6. The lowest BCUT2D eigenvalue weighted by molar-refractivity contribution is 0.102. The van der Waals surface area contributed by atoms with Crippen LogP contribution in [0.3, 0.4) is 0 Å². The third-order valence-electron chi connectivity index (χ3n) is 4.37. The monoisotopic (exact) mass is 365 g/mol. The Labute approximate surface area is 155 Å². The summed E-state index contributed by atoms with van der Waals surface area (Å²) in [6, 6.07) is 10.6. The van der Waals surface area contributed by atoms with Gasteiger partial charge < -0.3 is 20.3 Å². The number of hydrogen-bond donors (Lipinski definition) is 2. The molecular formula is C19H19N5O3. The number of carbonyl (C=O) groups is 1. The van der Waals surface area contributed by atoms with Gasteiger partial charge in [-0.1, -0.05) is 11.2 Å². The summed E-state index contributed by atoms with van der Waals surface area (Å²) in [6.45, 7) is 1.63. The van der Waals surface area contributed by atoms with Gasteiger partial charge in [-0.3, -0.25) is 9.78 Å². The Kier molecular flexibility index (Phi) is 4.91. The van der Waals surface area contributed by atoms with Crippen molar-refractivity contribution in [1.82, 2.24) is 15.1 Å². The molecule has 2 aromatic heterocycles. The molecule has 3 heterocycles. The van der Waals surface area contributed by atoms with Crippen LogP contribution in [-0.2, 0) is 11.3 Å². The minimum absolute atomic E-state index is 0.156. The second kappa shape index (κ2) is 7.65. The van der Waals surface area contributed by atoms with Crippen molar-refractivity contribution >= 4 is 11.6 Å². The number of aromatic nitrogens is 3. The molecule has 3 aromatic rings. The Bertz CT molecular complexity index is 936. The largest absolute Gasteiger partial charge is 0.381 e. The molecule has 1 fully saturated rings. The molecule has 0 unspecified atom stereocenters. The van der Waals surface area contributed by atoms with Gasteiger partial charge in [0.25, 0.3) is 11.8 Å². The van der Waals surface area contributed by atoms with Crippen LogP contribution in [0, 0.1) is 0 Å². The summed E-state index contributed by atoms with van der Waals surface area (Å²) in [4.78, 5) is 20.9. The molecule has 138 valence electrons. The molecule has 0 aliphatic carbocycles. The van der Waals surface area contributed by atoms with E-state index in [2.05, 4.69) is 20.4 Å². The smallest absolute Gasteiger partial charge is 0.274 e. The van der Waals surface area contributed by atoms with Crippen LogP contribution in [0.25, 0.3) is 11.5 Å². The topological polar surface area (TPSA) is 116 Å². The highest BCUT2D eigenvalue weighted by molar-refractivity contribution is 6.03. The van der Waals surface area contributed by atoms with Crippen LogP contribution in [0.1, 0.15) is 34.2 Å². The minimum Gasteiger partial charge on any atom is -0.381 e. The zero-order chi connectivity index (χ0) is 18.6. The summed E-state index contributed by atoms with van der Waals surface area (Å²) in [5.74, 6) is 0.883. The standard InChI is InChI=1S/C19H19N5O3/c20-10-12-7-14(19-23-17(24-27-19)13-4-6-26-11-13)9-15(8-12)22-18(25)16-3-1-2-5-21-16/h1-3,5,7-9,13H,4,6,10-11,20H2,(H,22,25)/t13-/m1/s1. The Balaban J connectivity index is 1.60. The zero-order valence-corrected chi connectivity index (χ0v) is 14.6. The van der Waals surface area contributed by atoms with Gasteiger partial charge in [0, 0.05) is 36.5 Å². The van der Waals surface area contributed by atoms with Crippen LogP contribution < -0.4 is 11.1 Å². The average Bonchev–Trinajstić information content (AvgIpc) is 3.40.